The van der Waals surface area contributed by atoms with Gasteiger partial charge in [0.05, 0.1) is 46.4 Å². The largest absolute Gasteiger partial charge is 0.383 e. The maximum absolute atomic E-state index is 13.6. The first-order chi connectivity index (χ1) is 19.6. The van der Waals surface area contributed by atoms with Crippen LogP contribution in [0.5, 0.6) is 0 Å². The highest BCUT2D eigenvalue weighted by Crippen LogP contribution is 2.41. The molecule has 3 aliphatic heterocycles. The third-order valence-electron chi connectivity index (χ3n) is 9.31. The summed E-state index contributed by atoms with van der Waals surface area (Å²) in [5.74, 6) is 0.170. The molecule has 3 aliphatic rings. The number of likely N-dealkylation sites (tertiary alicyclic amines) is 2. The number of aromatic nitrogens is 2. The minimum atomic E-state index is -0.659. The molecule has 41 heavy (non-hydrogen) atoms. The fourth-order valence-corrected chi connectivity index (χ4v) is 7.49. The van der Waals surface area contributed by atoms with Gasteiger partial charge in [0.15, 0.2) is 0 Å². The average Bonchev–Trinajstić information content (AvgIpc) is 3.34. The van der Waals surface area contributed by atoms with Gasteiger partial charge in [-0.15, -0.1) is 11.3 Å². The summed E-state index contributed by atoms with van der Waals surface area (Å²) in [6.07, 6.45) is 5.51. The standard InChI is InChI=1S/C31H40N6O3S/c1-18-5-7-25(19-6-8-26-24(11-19)35-29(41-26)20-9-10-36(4)31(2,3)13-20)37(15-18)30(39)28(38)34-22-12-23(21-16-40-17-21)27(32)33-14-22/h6,8,11-12,14,18,20-21,25H,5,7,9-10,13,15-17H2,1-4H3,(H2,32,33)(H,34,38)/t18-,20+,25+/m0/s1. The van der Waals surface area contributed by atoms with Gasteiger partial charge in [-0.2, -0.15) is 0 Å². The van der Waals surface area contributed by atoms with Crippen LogP contribution in [0, 0.1) is 5.92 Å². The maximum Gasteiger partial charge on any atom is 0.313 e. The molecular formula is C31H40N6O3S. The zero-order valence-corrected chi connectivity index (χ0v) is 25.2. The van der Waals surface area contributed by atoms with Crippen LogP contribution in [0.1, 0.15) is 80.5 Å². The molecule has 0 bridgehead atoms. The Hall–Kier alpha value is -3.08. The Morgan fingerprint density at radius 3 is 2.68 bits per heavy atom. The van der Waals surface area contributed by atoms with Crippen molar-refractivity contribution in [3.63, 3.8) is 0 Å². The minimum absolute atomic E-state index is 0.155. The van der Waals surface area contributed by atoms with Crippen molar-refractivity contribution in [1.82, 2.24) is 19.8 Å². The van der Waals surface area contributed by atoms with Gasteiger partial charge in [-0.05, 0) is 82.8 Å². The fraction of sp³-hybridized carbons (Fsp3) is 0.548. The Morgan fingerprint density at radius 1 is 1.15 bits per heavy atom. The molecular weight excluding hydrogens is 536 g/mol. The summed E-state index contributed by atoms with van der Waals surface area (Å²) < 4.78 is 6.45. The van der Waals surface area contributed by atoms with E-state index in [0.717, 1.165) is 48.9 Å². The highest BCUT2D eigenvalue weighted by atomic mass is 32.1. The van der Waals surface area contributed by atoms with Crippen LogP contribution in [0.4, 0.5) is 11.5 Å². The Labute approximate surface area is 245 Å². The number of nitrogens with one attached hydrogen (secondary N) is 1. The second-order valence-corrected chi connectivity index (χ2v) is 13.8. The van der Waals surface area contributed by atoms with Crippen LogP contribution in [0.15, 0.2) is 30.5 Å². The van der Waals surface area contributed by atoms with Crippen LogP contribution < -0.4 is 11.1 Å². The van der Waals surface area contributed by atoms with Gasteiger partial charge in [-0.3, -0.25) is 9.59 Å². The summed E-state index contributed by atoms with van der Waals surface area (Å²) in [5, 5.41) is 3.97. The van der Waals surface area contributed by atoms with Gasteiger partial charge < -0.3 is 25.6 Å². The molecule has 3 saturated heterocycles. The topological polar surface area (TPSA) is 114 Å². The molecule has 0 saturated carbocycles. The molecule has 10 heteroatoms. The molecule has 218 valence electrons. The van der Waals surface area contributed by atoms with Crippen LogP contribution >= 0.6 is 11.3 Å². The predicted octanol–water partition coefficient (Wildman–Crippen LogP) is 4.91. The van der Waals surface area contributed by atoms with E-state index in [9.17, 15) is 9.59 Å². The third-order valence-corrected chi connectivity index (χ3v) is 10.5. The number of nitrogens with two attached hydrogens (primary N) is 1. The highest BCUT2D eigenvalue weighted by Gasteiger charge is 2.36. The Bertz CT molecular complexity index is 1470. The summed E-state index contributed by atoms with van der Waals surface area (Å²) in [4.78, 5) is 40.3. The molecule has 3 aromatic rings. The van der Waals surface area contributed by atoms with E-state index in [2.05, 4.69) is 61.2 Å². The minimum Gasteiger partial charge on any atom is -0.383 e. The van der Waals surface area contributed by atoms with Crippen molar-refractivity contribution in [2.24, 2.45) is 5.92 Å². The number of hydrogen-bond acceptors (Lipinski definition) is 8. The quantitative estimate of drug-likeness (QED) is 0.424. The summed E-state index contributed by atoms with van der Waals surface area (Å²) in [7, 11) is 2.20. The van der Waals surface area contributed by atoms with Crippen LogP contribution in [0.2, 0.25) is 0 Å². The number of nitrogen functional groups attached to an aromatic ring is 1. The van der Waals surface area contributed by atoms with E-state index in [1.165, 1.54) is 15.9 Å². The monoisotopic (exact) mass is 576 g/mol. The summed E-state index contributed by atoms with van der Waals surface area (Å²) >= 11 is 1.79. The van der Waals surface area contributed by atoms with E-state index in [4.69, 9.17) is 15.5 Å². The number of nitrogens with zero attached hydrogens (tertiary/aromatic N) is 4. The number of piperidine rings is 2. The fourth-order valence-electron chi connectivity index (χ4n) is 6.41. The molecule has 0 radical (unpaired) electrons. The molecule has 2 aromatic heterocycles. The number of carbonyl (C=O) groups is 2. The molecule has 6 rings (SSSR count). The lowest BCUT2D eigenvalue weighted by Crippen LogP contribution is -2.46. The van der Waals surface area contributed by atoms with Crippen LogP contribution in [0.3, 0.4) is 0 Å². The summed E-state index contributed by atoms with van der Waals surface area (Å²) in [6, 6.07) is 8.01. The Balaban J connectivity index is 1.21. The number of hydrogen-bond donors (Lipinski definition) is 2. The number of carbonyl (C=O) groups excluding carboxylic acids is 2. The number of anilines is 2. The molecule has 9 nitrogen and oxygen atoms in total. The van der Waals surface area contributed by atoms with E-state index >= 15 is 0 Å². The summed E-state index contributed by atoms with van der Waals surface area (Å²) in [5.41, 5.74) is 9.52. The van der Waals surface area contributed by atoms with Crippen LogP contribution in [-0.2, 0) is 14.3 Å². The normalized spacial score (nSPS) is 25.2. The van der Waals surface area contributed by atoms with Gasteiger partial charge >= 0.3 is 11.8 Å². The third kappa shape index (κ3) is 5.57. The number of fused-ring (bicyclic) bond motifs is 1. The molecule has 3 N–H and O–H groups in total. The first-order valence-corrected chi connectivity index (χ1v) is 15.5. The first-order valence-electron chi connectivity index (χ1n) is 14.7. The lowest BCUT2D eigenvalue weighted by Gasteiger charge is -2.43. The predicted molar refractivity (Wildman–Crippen MR) is 162 cm³/mol. The molecule has 3 fully saturated rings. The van der Waals surface area contributed by atoms with Gasteiger partial charge in [0.2, 0.25) is 0 Å². The molecule has 0 spiro atoms. The second-order valence-electron chi connectivity index (χ2n) is 12.7. The number of pyridine rings is 1. The molecule has 0 aliphatic carbocycles. The molecule has 0 unspecified atom stereocenters. The van der Waals surface area contributed by atoms with Crippen molar-refractivity contribution in [2.45, 2.75) is 69.9 Å². The highest BCUT2D eigenvalue weighted by molar-refractivity contribution is 7.18. The van der Waals surface area contributed by atoms with Crippen molar-refractivity contribution in [1.29, 1.82) is 0 Å². The van der Waals surface area contributed by atoms with Crippen molar-refractivity contribution < 1.29 is 14.3 Å². The van der Waals surface area contributed by atoms with Gasteiger partial charge in [-0.1, -0.05) is 13.0 Å². The smallest absolute Gasteiger partial charge is 0.313 e. The molecule has 3 atom stereocenters. The zero-order chi connectivity index (χ0) is 28.9. The van der Waals surface area contributed by atoms with Gasteiger partial charge in [0.25, 0.3) is 0 Å². The van der Waals surface area contributed by atoms with Crippen molar-refractivity contribution in [3.8, 4) is 0 Å². The Morgan fingerprint density at radius 2 is 1.95 bits per heavy atom. The average molecular weight is 577 g/mol. The van der Waals surface area contributed by atoms with E-state index in [-0.39, 0.29) is 17.5 Å². The number of amides is 2. The number of rotatable bonds is 4. The van der Waals surface area contributed by atoms with Gasteiger partial charge in [0, 0.05) is 29.5 Å². The van der Waals surface area contributed by atoms with Crippen molar-refractivity contribution in [3.05, 3.63) is 46.6 Å². The first kappa shape index (κ1) is 28.1. The lowest BCUT2D eigenvalue weighted by molar-refractivity contribution is -0.146. The van der Waals surface area contributed by atoms with E-state index < -0.39 is 11.8 Å². The lowest BCUT2D eigenvalue weighted by atomic mass is 9.83. The molecule has 2 amide bonds. The van der Waals surface area contributed by atoms with Crippen LogP contribution in [0.25, 0.3) is 10.2 Å². The molecule has 5 heterocycles. The second kappa shape index (κ2) is 11.0. The van der Waals surface area contributed by atoms with Crippen LogP contribution in [-0.4, -0.2) is 70.5 Å². The number of thiazole rings is 1. The van der Waals surface area contributed by atoms with Gasteiger partial charge in [-0.25, -0.2) is 9.97 Å². The van der Waals surface area contributed by atoms with Gasteiger partial charge in [0.1, 0.15) is 5.82 Å². The summed E-state index contributed by atoms with van der Waals surface area (Å²) in [6.45, 7) is 9.51. The van der Waals surface area contributed by atoms with E-state index in [1.807, 2.05) is 0 Å². The van der Waals surface area contributed by atoms with Crippen molar-refractivity contribution >= 4 is 44.9 Å². The SMILES string of the molecule is C[C@H]1CC[C@H](c2ccc3sc([C@@H]4CCN(C)C(C)(C)C4)nc3c2)N(C(=O)C(=O)Nc2cnc(N)c(C3COC3)c2)C1. The number of ether oxygens (including phenoxy) is 1. The maximum atomic E-state index is 13.6. The van der Waals surface area contributed by atoms with Crippen molar-refractivity contribution in [2.75, 3.05) is 44.4 Å². The number of benzene rings is 1. The zero-order valence-electron chi connectivity index (χ0n) is 24.4. The molecule has 1 aromatic carbocycles. The van der Waals surface area contributed by atoms with E-state index in [0.29, 0.717) is 43.1 Å². The Kier molecular flexibility index (Phi) is 7.50. The van der Waals surface area contributed by atoms with E-state index in [1.54, 1.807) is 22.3 Å².